The highest BCUT2D eigenvalue weighted by Gasteiger charge is 2.31. The summed E-state index contributed by atoms with van der Waals surface area (Å²) in [6, 6.07) is 2.87. The number of aromatic amines is 1. The van der Waals surface area contributed by atoms with E-state index in [1.807, 2.05) is 38.1 Å². The van der Waals surface area contributed by atoms with Gasteiger partial charge in [-0.1, -0.05) is 45.9 Å². The minimum Gasteiger partial charge on any atom is -0.481 e. The van der Waals surface area contributed by atoms with Gasteiger partial charge < -0.3 is 36.9 Å². The first kappa shape index (κ1) is 32.3. The molecule has 0 saturated carbocycles. The van der Waals surface area contributed by atoms with E-state index in [0.717, 1.165) is 16.5 Å². The molecule has 4 atom stereocenters. The molecule has 220 valence electrons. The van der Waals surface area contributed by atoms with Crippen LogP contribution in [0.4, 0.5) is 0 Å². The molecule has 1 aromatic heterocycles. The summed E-state index contributed by atoms with van der Waals surface area (Å²) in [5.41, 5.74) is 7.62. The summed E-state index contributed by atoms with van der Waals surface area (Å²) in [6.45, 7) is 7.43. The van der Waals surface area contributed by atoms with Crippen LogP contribution in [0.3, 0.4) is 0 Å². The Kier molecular flexibility index (Phi) is 12.1. The Bertz CT molecular complexity index is 1190. The summed E-state index contributed by atoms with van der Waals surface area (Å²) >= 11 is 0. The van der Waals surface area contributed by atoms with Crippen molar-refractivity contribution in [3.63, 3.8) is 0 Å². The van der Waals surface area contributed by atoms with E-state index >= 15 is 0 Å². The minimum atomic E-state index is -1.34. The molecule has 0 spiro atoms. The normalized spacial score (nSPS) is 14.4. The first-order chi connectivity index (χ1) is 18.8. The van der Waals surface area contributed by atoms with Gasteiger partial charge >= 0.3 is 11.9 Å². The van der Waals surface area contributed by atoms with Gasteiger partial charge in [0.2, 0.25) is 17.7 Å². The zero-order chi connectivity index (χ0) is 30.0. The van der Waals surface area contributed by atoms with Crippen LogP contribution in [0.5, 0.6) is 0 Å². The number of amides is 3. The predicted molar refractivity (Wildman–Crippen MR) is 149 cm³/mol. The molecule has 0 radical (unpaired) electrons. The molecule has 3 amide bonds. The average molecular weight is 560 g/mol. The van der Waals surface area contributed by atoms with Gasteiger partial charge in [0.05, 0.1) is 6.04 Å². The Hall–Kier alpha value is -3.93. The van der Waals surface area contributed by atoms with Gasteiger partial charge in [0.1, 0.15) is 18.1 Å². The number of aliphatic carboxylic acids is 2. The molecule has 12 heteroatoms. The van der Waals surface area contributed by atoms with E-state index in [-0.39, 0.29) is 31.1 Å². The van der Waals surface area contributed by atoms with E-state index in [1.54, 1.807) is 20.0 Å². The lowest BCUT2D eigenvalue weighted by molar-refractivity contribution is -0.143. The van der Waals surface area contributed by atoms with Crippen LogP contribution in [0, 0.1) is 11.8 Å². The first-order valence-corrected chi connectivity index (χ1v) is 13.4. The fraction of sp³-hybridized carbons (Fsp3) is 0.536. The monoisotopic (exact) mass is 559 g/mol. The molecular weight excluding hydrogens is 518 g/mol. The van der Waals surface area contributed by atoms with Crippen molar-refractivity contribution in [2.24, 2.45) is 17.6 Å². The van der Waals surface area contributed by atoms with Crippen LogP contribution in [0.25, 0.3) is 10.9 Å². The van der Waals surface area contributed by atoms with Crippen LogP contribution >= 0.6 is 0 Å². The number of carboxylic acid groups (broad SMARTS) is 2. The number of fused-ring (bicyclic) bond motifs is 1. The zero-order valence-corrected chi connectivity index (χ0v) is 23.4. The second-order valence-electron chi connectivity index (χ2n) is 10.9. The summed E-state index contributed by atoms with van der Waals surface area (Å²) in [5, 5.41) is 27.2. The van der Waals surface area contributed by atoms with Crippen molar-refractivity contribution in [3.8, 4) is 0 Å². The summed E-state index contributed by atoms with van der Waals surface area (Å²) in [6.07, 6.45) is 1.61. The van der Waals surface area contributed by atoms with Crippen LogP contribution in [0.2, 0.25) is 0 Å². The number of H-pyrrole nitrogens is 1. The van der Waals surface area contributed by atoms with E-state index < -0.39 is 60.2 Å². The molecular formula is C28H41N5O7. The second kappa shape index (κ2) is 15.0. The van der Waals surface area contributed by atoms with Gasteiger partial charge in [0.15, 0.2) is 0 Å². The van der Waals surface area contributed by atoms with Crippen molar-refractivity contribution in [2.75, 3.05) is 0 Å². The number of carbonyl (C=O) groups is 5. The van der Waals surface area contributed by atoms with E-state index in [2.05, 4.69) is 20.9 Å². The SMILES string of the molecule is CC(C)CC(N)C(=O)NC(Cc1c[nH]c2ccccc12)C(=O)NC(CCC(=O)O)C(=O)NC(CC(C)C)C(=O)O. The van der Waals surface area contributed by atoms with Crippen molar-refractivity contribution in [2.45, 2.75) is 84.0 Å². The quantitative estimate of drug-likeness (QED) is 0.160. The number of carbonyl (C=O) groups excluding carboxylic acids is 3. The number of nitrogens with one attached hydrogen (secondary N) is 4. The minimum absolute atomic E-state index is 0.0423. The van der Waals surface area contributed by atoms with Crippen LogP contribution < -0.4 is 21.7 Å². The molecule has 0 bridgehead atoms. The second-order valence-corrected chi connectivity index (χ2v) is 10.9. The van der Waals surface area contributed by atoms with Gasteiger partial charge in [0.25, 0.3) is 0 Å². The topological polar surface area (TPSA) is 204 Å². The molecule has 1 heterocycles. The predicted octanol–water partition coefficient (Wildman–Crippen LogP) is 1.53. The molecule has 0 aliphatic carbocycles. The summed E-state index contributed by atoms with van der Waals surface area (Å²) in [7, 11) is 0. The third kappa shape index (κ3) is 9.99. The highest BCUT2D eigenvalue weighted by Crippen LogP contribution is 2.19. The van der Waals surface area contributed by atoms with E-state index in [1.165, 1.54) is 0 Å². The van der Waals surface area contributed by atoms with Gasteiger partial charge in [-0.15, -0.1) is 0 Å². The highest BCUT2D eigenvalue weighted by atomic mass is 16.4. The van der Waals surface area contributed by atoms with Gasteiger partial charge in [-0.05, 0) is 42.7 Å². The maximum Gasteiger partial charge on any atom is 0.326 e. The number of hydrogen-bond acceptors (Lipinski definition) is 6. The van der Waals surface area contributed by atoms with Crippen molar-refractivity contribution >= 4 is 40.6 Å². The number of benzene rings is 1. The Labute approximate surface area is 233 Å². The maximum absolute atomic E-state index is 13.5. The number of para-hydroxylation sites is 1. The lowest BCUT2D eigenvalue weighted by atomic mass is 10.0. The lowest BCUT2D eigenvalue weighted by Crippen LogP contribution is -2.57. The van der Waals surface area contributed by atoms with Crippen LogP contribution in [-0.2, 0) is 30.4 Å². The van der Waals surface area contributed by atoms with E-state index in [0.29, 0.717) is 6.42 Å². The van der Waals surface area contributed by atoms with E-state index in [9.17, 15) is 34.2 Å². The Morgan fingerprint density at radius 1 is 0.825 bits per heavy atom. The average Bonchev–Trinajstić information content (AvgIpc) is 3.27. The van der Waals surface area contributed by atoms with Crippen molar-refractivity contribution in [1.82, 2.24) is 20.9 Å². The Morgan fingerprint density at radius 2 is 1.40 bits per heavy atom. The summed E-state index contributed by atoms with van der Waals surface area (Å²) < 4.78 is 0. The third-order valence-corrected chi connectivity index (χ3v) is 6.40. The first-order valence-electron chi connectivity index (χ1n) is 13.4. The molecule has 8 N–H and O–H groups in total. The molecule has 0 aliphatic heterocycles. The maximum atomic E-state index is 13.5. The van der Waals surface area contributed by atoms with Gasteiger partial charge in [-0.25, -0.2) is 4.79 Å². The molecule has 0 fully saturated rings. The van der Waals surface area contributed by atoms with Gasteiger partial charge in [0, 0.05) is 29.9 Å². The van der Waals surface area contributed by atoms with Crippen molar-refractivity contribution in [3.05, 3.63) is 36.0 Å². The molecule has 4 unspecified atom stereocenters. The number of rotatable bonds is 16. The molecule has 1 aromatic carbocycles. The number of carboxylic acids is 2. The largest absolute Gasteiger partial charge is 0.481 e. The Morgan fingerprint density at radius 3 is 2.00 bits per heavy atom. The van der Waals surface area contributed by atoms with Crippen LogP contribution in [-0.4, -0.2) is 69.0 Å². The summed E-state index contributed by atoms with van der Waals surface area (Å²) in [5.74, 6) is -4.42. The smallest absolute Gasteiger partial charge is 0.326 e. The van der Waals surface area contributed by atoms with Gasteiger partial charge in [-0.2, -0.15) is 0 Å². The van der Waals surface area contributed by atoms with Crippen molar-refractivity contribution < 1.29 is 34.2 Å². The van der Waals surface area contributed by atoms with E-state index in [4.69, 9.17) is 5.73 Å². The molecule has 12 nitrogen and oxygen atoms in total. The Balaban J connectivity index is 2.32. The highest BCUT2D eigenvalue weighted by molar-refractivity contribution is 5.95. The number of hydrogen-bond donors (Lipinski definition) is 7. The number of aromatic nitrogens is 1. The standard InChI is InChI=1S/C28H41N5O7/c1-15(2)11-19(29)25(36)32-22(13-17-14-30-20-8-6-5-7-18(17)20)27(38)31-21(9-10-24(34)35)26(37)33-23(28(39)40)12-16(3)4/h5-8,14-16,19,21-23,30H,9-13,29H2,1-4H3,(H,31,38)(H,32,36)(H,33,37)(H,34,35)(H,39,40). The third-order valence-electron chi connectivity index (χ3n) is 6.40. The summed E-state index contributed by atoms with van der Waals surface area (Å²) in [4.78, 5) is 65.5. The fourth-order valence-corrected chi connectivity index (χ4v) is 4.40. The number of nitrogens with two attached hydrogens (primary N) is 1. The van der Waals surface area contributed by atoms with Crippen molar-refractivity contribution in [1.29, 1.82) is 0 Å². The molecule has 2 aromatic rings. The fourth-order valence-electron chi connectivity index (χ4n) is 4.40. The zero-order valence-electron chi connectivity index (χ0n) is 23.4. The van der Waals surface area contributed by atoms with Crippen LogP contribution in [0.1, 0.15) is 58.9 Å². The van der Waals surface area contributed by atoms with Gasteiger partial charge in [-0.3, -0.25) is 19.2 Å². The lowest BCUT2D eigenvalue weighted by Gasteiger charge is -2.25. The molecule has 0 saturated heterocycles. The molecule has 40 heavy (non-hydrogen) atoms. The van der Waals surface area contributed by atoms with Crippen LogP contribution in [0.15, 0.2) is 30.5 Å². The molecule has 0 aliphatic rings. The molecule has 2 rings (SSSR count).